The van der Waals surface area contributed by atoms with Crippen LogP contribution in [-0.2, 0) is 17.6 Å². The number of phenols is 1. The van der Waals surface area contributed by atoms with Crippen LogP contribution in [0.4, 0.5) is 8.78 Å². The molecule has 0 radical (unpaired) electrons. The molecule has 0 bridgehead atoms. The Morgan fingerprint density at radius 2 is 2.00 bits per heavy atom. The lowest BCUT2D eigenvalue weighted by molar-refractivity contribution is -0.146. The number of hydrogen-bond donors (Lipinski definition) is 1. The van der Waals surface area contributed by atoms with Crippen molar-refractivity contribution >= 4 is 15.1 Å². The molecular weight excluding hydrogens is 271 g/mol. The number of halogens is 2. The fourth-order valence-corrected chi connectivity index (χ4v) is 2.51. The average Bonchev–Trinajstić information content (AvgIpc) is 2.29. The van der Waals surface area contributed by atoms with Gasteiger partial charge < -0.3 is 10.0 Å². The molecule has 3 nitrogen and oxygen atoms in total. The largest absolute Gasteiger partial charge is 0.508 e. The highest BCUT2D eigenvalue weighted by atomic mass is 31.0. The lowest BCUT2D eigenvalue weighted by atomic mass is 9.98. The van der Waals surface area contributed by atoms with Crippen molar-refractivity contribution in [3.63, 3.8) is 0 Å². The number of carbonyl (C=O) groups is 1. The molecule has 6 heteroatoms. The Bertz CT molecular complexity index is 488. The minimum atomic E-state index is -3.39. The van der Waals surface area contributed by atoms with E-state index < -0.39 is 11.6 Å². The van der Waals surface area contributed by atoms with Crippen molar-refractivity contribution in [3.05, 3.63) is 29.3 Å². The highest BCUT2D eigenvalue weighted by molar-refractivity contribution is 7.20. The number of rotatable bonds is 1. The van der Waals surface area contributed by atoms with Crippen molar-refractivity contribution in [2.45, 2.75) is 24.9 Å². The van der Waals surface area contributed by atoms with Crippen LogP contribution in [0.5, 0.6) is 5.75 Å². The van der Waals surface area contributed by atoms with Gasteiger partial charge in [-0.2, -0.15) is 8.78 Å². The van der Waals surface area contributed by atoms with E-state index in [0.717, 1.165) is 11.1 Å². The molecule has 1 atom stereocenters. The zero-order chi connectivity index (χ0) is 14.0. The molecule has 0 fully saturated rings. The molecule has 1 aromatic rings. The van der Waals surface area contributed by atoms with Crippen LogP contribution in [0.1, 0.15) is 17.5 Å². The van der Waals surface area contributed by atoms with Crippen LogP contribution in [0.15, 0.2) is 18.2 Å². The second-order valence-corrected chi connectivity index (χ2v) is 5.45. The lowest BCUT2D eigenvalue weighted by Crippen LogP contribution is -2.42. The predicted molar refractivity (Wildman–Crippen MR) is 71.4 cm³/mol. The van der Waals surface area contributed by atoms with Gasteiger partial charge in [-0.3, -0.25) is 4.79 Å². The molecule has 0 aliphatic carbocycles. The molecule has 19 heavy (non-hydrogen) atoms. The summed E-state index contributed by atoms with van der Waals surface area (Å²) < 4.78 is 26.0. The van der Waals surface area contributed by atoms with Gasteiger partial charge in [-0.15, -0.1) is 0 Å². The van der Waals surface area contributed by atoms with E-state index in [1.54, 1.807) is 18.2 Å². The van der Waals surface area contributed by atoms with E-state index in [0.29, 0.717) is 25.8 Å². The molecule has 0 saturated heterocycles. The maximum atomic E-state index is 13.0. The van der Waals surface area contributed by atoms with Crippen LogP contribution in [0.25, 0.3) is 0 Å². The van der Waals surface area contributed by atoms with Crippen molar-refractivity contribution < 1.29 is 18.7 Å². The molecule has 0 aromatic heterocycles. The summed E-state index contributed by atoms with van der Waals surface area (Å²) in [6.07, 6.45) is 1.82. The molecule has 1 aromatic carbocycles. The number of benzene rings is 1. The number of aryl methyl sites for hydroxylation is 1. The van der Waals surface area contributed by atoms with Crippen LogP contribution in [-0.4, -0.2) is 34.7 Å². The number of hydrogen-bond acceptors (Lipinski definition) is 2. The predicted octanol–water partition coefficient (Wildman–Crippen LogP) is 2.18. The van der Waals surface area contributed by atoms with Gasteiger partial charge in [0.2, 0.25) is 0 Å². The zero-order valence-corrected chi connectivity index (χ0v) is 11.6. The summed E-state index contributed by atoms with van der Waals surface area (Å²) in [4.78, 5) is 12.8. The van der Waals surface area contributed by atoms with Crippen molar-refractivity contribution in [3.8, 4) is 5.75 Å². The summed E-state index contributed by atoms with van der Waals surface area (Å²) in [5.41, 5.74) is -1.36. The normalized spacial score (nSPS) is 16.5. The number of phenolic OH excluding ortho intramolecular Hbond substituents is 1. The van der Waals surface area contributed by atoms with Gasteiger partial charge in [-0.05, 0) is 42.5 Å². The van der Waals surface area contributed by atoms with E-state index in [9.17, 15) is 18.7 Å². The molecule has 1 N–H and O–H groups in total. The van der Waals surface area contributed by atoms with Gasteiger partial charge >= 0.3 is 5.66 Å². The molecule has 104 valence electrons. The number of aromatic hydroxyl groups is 1. The Morgan fingerprint density at radius 3 is 2.68 bits per heavy atom. The average molecular weight is 287 g/mol. The number of fused-ring (bicyclic) bond motifs is 1. The number of alkyl halides is 2. The molecule has 2 rings (SSSR count). The van der Waals surface area contributed by atoms with E-state index >= 15 is 0 Å². The van der Waals surface area contributed by atoms with Crippen LogP contribution in [0, 0.1) is 0 Å². The topological polar surface area (TPSA) is 40.5 Å². The summed E-state index contributed by atoms with van der Waals surface area (Å²) >= 11 is 0. The molecule has 1 aliphatic heterocycles. The molecule has 0 saturated carbocycles. The first-order valence-corrected chi connectivity index (χ1v) is 6.72. The van der Waals surface area contributed by atoms with Gasteiger partial charge in [0.25, 0.3) is 5.91 Å². The summed E-state index contributed by atoms with van der Waals surface area (Å²) in [6.45, 7) is 0.596. The maximum Gasteiger partial charge on any atom is 0.335 e. The van der Waals surface area contributed by atoms with E-state index in [1.807, 2.05) is 0 Å². The molecule has 1 heterocycles. The first-order valence-electron chi connectivity index (χ1n) is 6.15. The SMILES string of the molecule is O=C(N1CCCc2cc(O)ccc2CC1)C(F)(F)P. The maximum absolute atomic E-state index is 13.0. The van der Waals surface area contributed by atoms with Crippen molar-refractivity contribution in [2.75, 3.05) is 13.1 Å². The third-order valence-corrected chi connectivity index (χ3v) is 3.53. The van der Waals surface area contributed by atoms with Crippen LogP contribution in [0.2, 0.25) is 0 Å². The molecule has 0 spiro atoms. The van der Waals surface area contributed by atoms with Gasteiger partial charge in [-0.25, -0.2) is 0 Å². The monoisotopic (exact) mass is 287 g/mol. The Hall–Kier alpha value is -1.22. The molecule has 1 aliphatic rings. The summed E-state index contributed by atoms with van der Waals surface area (Å²) in [7, 11) is 1.29. The van der Waals surface area contributed by atoms with Crippen molar-refractivity contribution in [1.82, 2.24) is 4.90 Å². The highest BCUT2D eigenvalue weighted by Gasteiger charge is 2.36. The third kappa shape index (κ3) is 3.41. The van der Waals surface area contributed by atoms with E-state index in [-0.39, 0.29) is 12.3 Å². The van der Waals surface area contributed by atoms with E-state index in [1.165, 1.54) is 14.1 Å². The van der Waals surface area contributed by atoms with Crippen LogP contribution >= 0.6 is 9.24 Å². The number of carbonyl (C=O) groups excluding carboxylic acids is 1. The van der Waals surface area contributed by atoms with E-state index in [4.69, 9.17) is 0 Å². The third-order valence-electron chi connectivity index (χ3n) is 3.29. The van der Waals surface area contributed by atoms with Crippen molar-refractivity contribution in [2.24, 2.45) is 0 Å². The Kier molecular flexibility index (Phi) is 4.04. The number of nitrogens with zero attached hydrogens (tertiary/aromatic N) is 1. The Morgan fingerprint density at radius 1 is 1.26 bits per heavy atom. The fraction of sp³-hybridized carbons (Fsp3) is 0.462. The molecule has 1 unspecified atom stereocenters. The first-order chi connectivity index (χ1) is 8.88. The van der Waals surface area contributed by atoms with E-state index in [2.05, 4.69) is 0 Å². The second-order valence-electron chi connectivity index (χ2n) is 4.72. The minimum absolute atomic E-state index is 0.212. The summed E-state index contributed by atoms with van der Waals surface area (Å²) in [6, 6.07) is 5.07. The van der Waals surface area contributed by atoms with Gasteiger partial charge in [0.05, 0.1) is 0 Å². The van der Waals surface area contributed by atoms with Crippen LogP contribution < -0.4 is 0 Å². The molecular formula is C13H16F2NO2P. The standard InChI is InChI=1S/C13H16F2NO2P/c14-13(15,19)12(18)16-6-1-2-10-8-11(17)4-3-9(10)5-7-16/h3-4,8,17H,1-2,5-7,19H2. The van der Waals surface area contributed by atoms with Gasteiger partial charge in [0.15, 0.2) is 0 Å². The Labute approximate surface area is 112 Å². The van der Waals surface area contributed by atoms with Gasteiger partial charge in [0.1, 0.15) is 5.75 Å². The highest BCUT2D eigenvalue weighted by Crippen LogP contribution is 2.27. The van der Waals surface area contributed by atoms with Gasteiger partial charge in [-0.1, -0.05) is 15.3 Å². The summed E-state index contributed by atoms with van der Waals surface area (Å²) in [5, 5.41) is 9.43. The smallest absolute Gasteiger partial charge is 0.335 e. The zero-order valence-electron chi connectivity index (χ0n) is 10.4. The minimum Gasteiger partial charge on any atom is -0.508 e. The van der Waals surface area contributed by atoms with Crippen LogP contribution in [0.3, 0.4) is 0 Å². The quantitative estimate of drug-likeness (QED) is 0.804. The van der Waals surface area contributed by atoms with Gasteiger partial charge in [0, 0.05) is 13.1 Å². The number of amides is 1. The lowest BCUT2D eigenvalue weighted by Gasteiger charge is -2.28. The second kappa shape index (κ2) is 5.41. The first kappa shape index (κ1) is 14.2. The fourth-order valence-electron chi connectivity index (χ4n) is 2.33. The Balaban J connectivity index is 2.14. The molecule has 1 amide bonds. The summed E-state index contributed by atoms with van der Waals surface area (Å²) in [5.74, 6) is -0.927. The van der Waals surface area contributed by atoms with Crippen molar-refractivity contribution in [1.29, 1.82) is 0 Å².